The number of non-ortho nitro benzene ring substituents is 1. The van der Waals surface area contributed by atoms with Crippen molar-refractivity contribution < 1.29 is 19.4 Å². The van der Waals surface area contributed by atoms with Crippen molar-refractivity contribution in [1.82, 2.24) is 0 Å². The first kappa shape index (κ1) is 16.9. The van der Waals surface area contributed by atoms with E-state index >= 15 is 0 Å². The number of ether oxygens (including phenoxy) is 1. The predicted molar refractivity (Wildman–Crippen MR) is 85.6 cm³/mol. The summed E-state index contributed by atoms with van der Waals surface area (Å²) >= 11 is 0. The Morgan fingerprint density at radius 2 is 1.71 bits per heavy atom. The van der Waals surface area contributed by atoms with E-state index in [1.807, 2.05) is 0 Å². The molecule has 0 aliphatic rings. The Morgan fingerprint density at radius 1 is 1.04 bits per heavy atom. The normalized spacial score (nSPS) is 10.1. The minimum atomic E-state index is -0.701. The van der Waals surface area contributed by atoms with Crippen LogP contribution in [-0.2, 0) is 4.74 Å². The average Bonchev–Trinajstić information content (AvgIpc) is 2.55. The topological polar surface area (TPSA) is 125 Å². The van der Waals surface area contributed by atoms with Gasteiger partial charge in [0.25, 0.3) is 11.4 Å². The zero-order valence-electron chi connectivity index (χ0n) is 12.8. The first-order valence-corrected chi connectivity index (χ1v) is 6.72. The third-order valence-electron chi connectivity index (χ3n) is 3.31. The molecule has 0 aromatic heterocycles. The van der Waals surface area contributed by atoms with Crippen molar-refractivity contribution in [2.75, 3.05) is 12.4 Å². The third-order valence-corrected chi connectivity index (χ3v) is 3.31. The zero-order chi connectivity index (χ0) is 17.9. The van der Waals surface area contributed by atoms with Gasteiger partial charge < -0.3 is 10.1 Å². The van der Waals surface area contributed by atoms with Gasteiger partial charge >= 0.3 is 5.97 Å². The minimum Gasteiger partial charge on any atom is -0.465 e. The molecule has 124 valence electrons. The number of aryl methyl sites for hydroxylation is 1. The van der Waals surface area contributed by atoms with E-state index in [-0.39, 0.29) is 11.4 Å². The second-order valence-electron chi connectivity index (χ2n) is 4.86. The van der Waals surface area contributed by atoms with Gasteiger partial charge in [-0.3, -0.25) is 20.2 Å². The van der Waals surface area contributed by atoms with Crippen molar-refractivity contribution in [2.24, 2.45) is 0 Å². The molecule has 9 heteroatoms. The summed E-state index contributed by atoms with van der Waals surface area (Å²) in [5.74, 6) is -0.494. The highest BCUT2D eigenvalue weighted by molar-refractivity contribution is 5.90. The van der Waals surface area contributed by atoms with Crippen LogP contribution in [0.25, 0.3) is 0 Å². The van der Waals surface area contributed by atoms with E-state index in [0.29, 0.717) is 16.8 Å². The van der Waals surface area contributed by atoms with Crippen LogP contribution in [0.3, 0.4) is 0 Å². The lowest BCUT2D eigenvalue weighted by atomic mass is 10.1. The molecule has 0 spiro atoms. The van der Waals surface area contributed by atoms with E-state index in [9.17, 15) is 25.0 Å². The van der Waals surface area contributed by atoms with Crippen LogP contribution in [0.4, 0.5) is 22.7 Å². The third kappa shape index (κ3) is 3.46. The fourth-order valence-electron chi connectivity index (χ4n) is 2.08. The molecule has 0 saturated carbocycles. The van der Waals surface area contributed by atoms with Crippen LogP contribution >= 0.6 is 0 Å². The number of hydrogen-bond donors (Lipinski definition) is 1. The largest absolute Gasteiger partial charge is 0.465 e. The van der Waals surface area contributed by atoms with Gasteiger partial charge in [0, 0.05) is 11.8 Å². The lowest BCUT2D eigenvalue weighted by molar-refractivity contribution is -0.393. The smallest absolute Gasteiger partial charge is 0.337 e. The van der Waals surface area contributed by atoms with E-state index in [4.69, 9.17) is 0 Å². The Kier molecular flexibility index (Phi) is 4.73. The van der Waals surface area contributed by atoms with Crippen LogP contribution in [-0.4, -0.2) is 22.9 Å². The van der Waals surface area contributed by atoms with Crippen LogP contribution < -0.4 is 5.32 Å². The number of nitro groups is 2. The summed E-state index contributed by atoms with van der Waals surface area (Å²) in [5.41, 5.74) is 0.856. The maximum Gasteiger partial charge on any atom is 0.337 e. The van der Waals surface area contributed by atoms with E-state index in [1.165, 1.54) is 25.3 Å². The molecule has 2 aromatic carbocycles. The molecule has 1 N–H and O–H groups in total. The Morgan fingerprint density at radius 3 is 2.25 bits per heavy atom. The molecule has 0 aliphatic carbocycles. The Balaban J connectivity index is 2.39. The van der Waals surface area contributed by atoms with Crippen LogP contribution in [0, 0.1) is 27.2 Å². The maximum atomic E-state index is 11.5. The highest BCUT2D eigenvalue weighted by Crippen LogP contribution is 2.32. The molecule has 0 fully saturated rings. The first-order valence-electron chi connectivity index (χ1n) is 6.72. The molecule has 0 heterocycles. The van der Waals surface area contributed by atoms with Crippen molar-refractivity contribution in [3.05, 3.63) is 67.8 Å². The lowest BCUT2D eigenvalue weighted by Crippen LogP contribution is -2.03. The number of benzene rings is 2. The number of nitro benzene ring substituents is 2. The molecule has 24 heavy (non-hydrogen) atoms. The van der Waals surface area contributed by atoms with E-state index in [1.54, 1.807) is 19.1 Å². The molecule has 0 radical (unpaired) electrons. The molecule has 9 nitrogen and oxygen atoms in total. The molecular formula is C15H13N3O6. The number of methoxy groups -OCH3 is 1. The molecule has 2 rings (SSSR count). The maximum absolute atomic E-state index is 11.5. The molecular weight excluding hydrogens is 318 g/mol. The molecule has 0 bridgehead atoms. The predicted octanol–water partition coefficient (Wildman–Crippen LogP) is 3.34. The zero-order valence-corrected chi connectivity index (χ0v) is 12.8. The number of hydrogen-bond acceptors (Lipinski definition) is 7. The van der Waals surface area contributed by atoms with Gasteiger partial charge in [-0.1, -0.05) is 0 Å². The molecule has 0 amide bonds. The second-order valence-corrected chi connectivity index (χ2v) is 4.86. The average molecular weight is 331 g/mol. The van der Waals surface area contributed by atoms with Gasteiger partial charge in [0.1, 0.15) is 5.69 Å². The first-order chi connectivity index (χ1) is 11.3. The number of nitrogens with one attached hydrogen (secondary N) is 1. The van der Waals surface area contributed by atoms with Crippen LogP contribution in [0.2, 0.25) is 0 Å². The summed E-state index contributed by atoms with van der Waals surface area (Å²) in [6.45, 7) is 1.71. The summed E-state index contributed by atoms with van der Waals surface area (Å²) in [6, 6.07) is 7.99. The van der Waals surface area contributed by atoms with Crippen LogP contribution in [0.1, 0.15) is 15.9 Å². The number of nitrogens with zero attached hydrogens (tertiary/aromatic N) is 2. The van der Waals surface area contributed by atoms with Gasteiger partial charge in [0.2, 0.25) is 0 Å². The summed E-state index contributed by atoms with van der Waals surface area (Å²) in [5, 5.41) is 24.7. The fraction of sp³-hybridized carbons (Fsp3) is 0.133. The van der Waals surface area contributed by atoms with Crippen LogP contribution in [0.5, 0.6) is 0 Å². The van der Waals surface area contributed by atoms with Gasteiger partial charge in [0.05, 0.1) is 28.6 Å². The number of carbonyl (C=O) groups excluding carboxylic acids is 1. The van der Waals surface area contributed by atoms with Gasteiger partial charge in [-0.2, -0.15) is 0 Å². The number of esters is 1. The highest BCUT2D eigenvalue weighted by atomic mass is 16.6. The van der Waals surface area contributed by atoms with E-state index in [2.05, 4.69) is 10.1 Å². The molecule has 0 saturated heterocycles. The van der Waals surface area contributed by atoms with Crippen molar-refractivity contribution in [1.29, 1.82) is 0 Å². The molecule has 2 aromatic rings. The van der Waals surface area contributed by atoms with E-state index in [0.717, 1.165) is 6.07 Å². The SMILES string of the molecule is COC(=O)c1ccc(Nc2ccc([N+](=O)[O-])cc2[N+](=O)[O-])c(C)c1. The van der Waals surface area contributed by atoms with Crippen LogP contribution in [0.15, 0.2) is 36.4 Å². The number of rotatable bonds is 5. The van der Waals surface area contributed by atoms with Crippen molar-refractivity contribution in [3.63, 3.8) is 0 Å². The van der Waals surface area contributed by atoms with Gasteiger partial charge in [-0.05, 0) is 36.8 Å². The standard InChI is InChI=1S/C15H13N3O6/c1-9-7-10(15(19)24-2)3-5-12(9)16-13-6-4-11(17(20)21)8-14(13)18(22)23/h3-8,16H,1-2H3. The van der Waals surface area contributed by atoms with Crippen molar-refractivity contribution in [2.45, 2.75) is 6.92 Å². The quantitative estimate of drug-likeness (QED) is 0.506. The van der Waals surface area contributed by atoms with E-state index < -0.39 is 21.5 Å². The Bertz CT molecular complexity index is 834. The summed E-state index contributed by atoms with van der Waals surface area (Å²) in [6.07, 6.45) is 0. The van der Waals surface area contributed by atoms with Crippen molar-refractivity contribution >= 4 is 28.7 Å². The minimum absolute atomic E-state index is 0.111. The molecule has 0 aliphatic heterocycles. The second kappa shape index (κ2) is 6.73. The van der Waals surface area contributed by atoms with Gasteiger partial charge in [-0.15, -0.1) is 0 Å². The Labute approximate surface area is 136 Å². The highest BCUT2D eigenvalue weighted by Gasteiger charge is 2.20. The number of anilines is 2. The van der Waals surface area contributed by atoms with Gasteiger partial charge in [-0.25, -0.2) is 4.79 Å². The molecule has 0 atom stereocenters. The summed E-state index contributed by atoms with van der Waals surface area (Å²) < 4.78 is 4.62. The monoisotopic (exact) mass is 331 g/mol. The summed E-state index contributed by atoms with van der Waals surface area (Å²) in [7, 11) is 1.27. The van der Waals surface area contributed by atoms with Gasteiger partial charge in [0.15, 0.2) is 0 Å². The van der Waals surface area contributed by atoms with Crippen molar-refractivity contribution in [3.8, 4) is 0 Å². The summed E-state index contributed by atoms with van der Waals surface area (Å²) in [4.78, 5) is 32.0. The molecule has 0 unspecified atom stereocenters. The Hall–Kier alpha value is -3.49. The number of carbonyl (C=O) groups is 1. The lowest BCUT2D eigenvalue weighted by Gasteiger charge is -2.11. The fourth-order valence-corrected chi connectivity index (χ4v) is 2.08.